The Hall–Kier alpha value is -2.26. The number of nitrogens with one attached hydrogen (secondary N) is 1. The molecule has 0 saturated carbocycles. The zero-order valence-electron chi connectivity index (χ0n) is 12.4. The summed E-state index contributed by atoms with van der Waals surface area (Å²) >= 11 is 5.57. The van der Waals surface area contributed by atoms with E-state index in [0.29, 0.717) is 0 Å². The molecule has 0 aliphatic carbocycles. The van der Waals surface area contributed by atoms with Crippen molar-refractivity contribution in [3.05, 3.63) is 53.3 Å². The molecule has 0 atom stereocenters. The number of rotatable bonds is 6. The molecule has 0 unspecified atom stereocenters. The third-order valence-corrected chi connectivity index (χ3v) is 4.65. The predicted octanol–water partition coefficient (Wildman–Crippen LogP) is 3.49. The van der Waals surface area contributed by atoms with Crippen LogP contribution in [0.3, 0.4) is 0 Å². The molecule has 5 nitrogen and oxygen atoms in total. The first-order chi connectivity index (χ1) is 11.7. The van der Waals surface area contributed by atoms with E-state index in [1.807, 2.05) is 0 Å². The molecular weight excluding hydrogens is 383 g/mol. The Labute approximate surface area is 146 Å². The maximum absolute atomic E-state index is 13.0. The maximum atomic E-state index is 13.0. The molecule has 1 amide bonds. The Kier molecular flexibility index (Phi) is 5.91. The number of anilines is 1. The Morgan fingerprint density at radius 2 is 1.80 bits per heavy atom. The summed E-state index contributed by atoms with van der Waals surface area (Å²) in [6, 6.07) is 7.82. The second kappa shape index (κ2) is 7.75. The highest BCUT2D eigenvalue weighted by Gasteiger charge is 2.26. The lowest BCUT2D eigenvalue weighted by molar-refractivity contribution is -0.118. The van der Waals surface area contributed by atoms with Crippen molar-refractivity contribution in [2.75, 3.05) is 11.9 Å². The minimum atomic E-state index is -4.69. The van der Waals surface area contributed by atoms with E-state index < -0.39 is 38.8 Å². The summed E-state index contributed by atoms with van der Waals surface area (Å²) in [6.45, 7) is -0.418. The SMILES string of the molecule is O=C(COc1ccc(F)c(Cl)c1)Nc1ccc(S(=O)(=O)C(F)F)cc1. The summed E-state index contributed by atoms with van der Waals surface area (Å²) in [7, 11) is -4.69. The summed E-state index contributed by atoms with van der Waals surface area (Å²) in [5.74, 6) is -4.56. The number of hydrogen-bond donors (Lipinski definition) is 1. The molecule has 1 N–H and O–H groups in total. The van der Waals surface area contributed by atoms with Crippen LogP contribution in [0, 0.1) is 5.82 Å². The first-order valence-corrected chi connectivity index (χ1v) is 8.62. The van der Waals surface area contributed by atoms with Crippen molar-refractivity contribution in [2.45, 2.75) is 10.7 Å². The summed E-state index contributed by atoms with van der Waals surface area (Å²) in [4.78, 5) is 11.2. The smallest absolute Gasteiger partial charge is 0.341 e. The van der Waals surface area contributed by atoms with Crippen molar-refractivity contribution >= 4 is 33.0 Å². The Morgan fingerprint density at radius 3 is 2.36 bits per heavy atom. The number of carbonyl (C=O) groups is 1. The van der Waals surface area contributed by atoms with Crippen molar-refractivity contribution in [2.24, 2.45) is 0 Å². The molecule has 0 saturated heterocycles. The van der Waals surface area contributed by atoms with Crippen LogP contribution in [0.2, 0.25) is 5.02 Å². The average molecular weight is 394 g/mol. The number of alkyl halides is 2. The zero-order chi connectivity index (χ0) is 18.6. The molecule has 2 aromatic rings. The van der Waals surface area contributed by atoms with Gasteiger partial charge in [0.15, 0.2) is 6.61 Å². The van der Waals surface area contributed by atoms with Gasteiger partial charge in [-0.15, -0.1) is 0 Å². The van der Waals surface area contributed by atoms with Gasteiger partial charge in [-0.1, -0.05) is 11.6 Å². The van der Waals surface area contributed by atoms with Gasteiger partial charge < -0.3 is 10.1 Å². The van der Waals surface area contributed by atoms with E-state index in [9.17, 15) is 26.4 Å². The van der Waals surface area contributed by atoms with Crippen LogP contribution in [0.25, 0.3) is 0 Å². The number of halogens is 4. The number of sulfone groups is 1. The number of benzene rings is 2. The lowest BCUT2D eigenvalue weighted by Gasteiger charge is -2.09. The average Bonchev–Trinajstić information content (AvgIpc) is 2.56. The van der Waals surface area contributed by atoms with Gasteiger partial charge in [-0.05, 0) is 36.4 Å². The monoisotopic (exact) mass is 393 g/mol. The van der Waals surface area contributed by atoms with Crippen molar-refractivity contribution in [3.63, 3.8) is 0 Å². The molecule has 0 aliphatic rings. The van der Waals surface area contributed by atoms with Crippen LogP contribution < -0.4 is 10.1 Å². The first-order valence-electron chi connectivity index (χ1n) is 6.70. The fraction of sp³-hybridized carbons (Fsp3) is 0.133. The van der Waals surface area contributed by atoms with Crippen LogP contribution in [-0.2, 0) is 14.6 Å². The van der Waals surface area contributed by atoms with Gasteiger partial charge in [-0.2, -0.15) is 8.78 Å². The van der Waals surface area contributed by atoms with Crippen LogP contribution in [0.5, 0.6) is 5.75 Å². The Balaban J connectivity index is 1.95. The van der Waals surface area contributed by atoms with E-state index in [-0.39, 0.29) is 16.5 Å². The van der Waals surface area contributed by atoms with E-state index >= 15 is 0 Å². The topological polar surface area (TPSA) is 72.5 Å². The second-order valence-corrected chi connectivity index (χ2v) is 7.07. The number of carbonyl (C=O) groups excluding carboxylic acids is 1. The molecule has 0 spiro atoms. The van der Waals surface area contributed by atoms with Crippen molar-refractivity contribution in [1.82, 2.24) is 0 Å². The molecule has 0 aromatic heterocycles. The normalized spacial score (nSPS) is 11.4. The highest BCUT2D eigenvalue weighted by atomic mass is 35.5. The Bertz CT molecular complexity index is 873. The lowest BCUT2D eigenvalue weighted by Crippen LogP contribution is -2.20. The molecule has 0 bridgehead atoms. The first kappa shape index (κ1) is 19.1. The summed E-state index contributed by atoms with van der Waals surface area (Å²) < 4.78 is 65.5. The van der Waals surface area contributed by atoms with Gasteiger partial charge in [0, 0.05) is 11.8 Å². The predicted molar refractivity (Wildman–Crippen MR) is 85.2 cm³/mol. The van der Waals surface area contributed by atoms with Gasteiger partial charge in [-0.25, -0.2) is 12.8 Å². The summed E-state index contributed by atoms with van der Waals surface area (Å²) in [6.07, 6.45) is 0. The molecule has 10 heteroatoms. The standard InChI is InChI=1S/C15H11ClF3NO4S/c16-12-7-10(3-6-13(12)17)24-8-14(21)20-9-1-4-11(5-2-9)25(22,23)15(18)19/h1-7,15H,8H2,(H,20,21). The third kappa shape index (κ3) is 4.86. The Morgan fingerprint density at radius 1 is 1.16 bits per heavy atom. The molecule has 0 radical (unpaired) electrons. The number of hydrogen-bond acceptors (Lipinski definition) is 4. The van der Waals surface area contributed by atoms with Crippen molar-refractivity contribution < 1.29 is 31.1 Å². The number of amides is 1. The van der Waals surface area contributed by atoms with Crippen molar-refractivity contribution in [3.8, 4) is 5.75 Å². The van der Waals surface area contributed by atoms with Gasteiger partial charge in [0.25, 0.3) is 5.91 Å². The molecular formula is C15H11ClF3NO4S. The number of ether oxygens (including phenoxy) is 1. The summed E-state index contributed by atoms with van der Waals surface area (Å²) in [5, 5.41) is 2.23. The van der Waals surface area contributed by atoms with E-state index in [2.05, 4.69) is 5.32 Å². The van der Waals surface area contributed by atoms with Gasteiger partial charge in [0.1, 0.15) is 11.6 Å². The zero-order valence-corrected chi connectivity index (χ0v) is 14.0. The minimum Gasteiger partial charge on any atom is -0.484 e. The van der Waals surface area contributed by atoms with E-state index in [1.165, 1.54) is 24.3 Å². The quantitative estimate of drug-likeness (QED) is 0.815. The van der Waals surface area contributed by atoms with Crippen LogP contribution in [-0.4, -0.2) is 26.7 Å². The molecule has 0 aliphatic heterocycles. The molecule has 2 rings (SSSR count). The fourth-order valence-corrected chi connectivity index (χ4v) is 2.64. The summed E-state index contributed by atoms with van der Waals surface area (Å²) in [5.41, 5.74) is 0.193. The molecule has 2 aromatic carbocycles. The highest BCUT2D eigenvalue weighted by molar-refractivity contribution is 7.91. The van der Waals surface area contributed by atoms with Gasteiger partial charge in [0.05, 0.1) is 9.92 Å². The molecule has 25 heavy (non-hydrogen) atoms. The fourth-order valence-electron chi connectivity index (χ4n) is 1.74. The highest BCUT2D eigenvalue weighted by Crippen LogP contribution is 2.22. The maximum Gasteiger partial charge on any atom is 0.341 e. The van der Waals surface area contributed by atoms with E-state index in [0.717, 1.165) is 18.2 Å². The lowest BCUT2D eigenvalue weighted by atomic mass is 10.3. The van der Waals surface area contributed by atoms with Gasteiger partial charge in [-0.3, -0.25) is 4.79 Å². The van der Waals surface area contributed by atoms with E-state index in [1.54, 1.807) is 0 Å². The second-order valence-electron chi connectivity index (χ2n) is 4.74. The van der Waals surface area contributed by atoms with Crippen molar-refractivity contribution in [1.29, 1.82) is 0 Å². The van der Waals surface area contributed by atoms with Gasteiger partial charge >= 0.3 is 5.76 Å². The molecule has 134 valence electrons. The largest absolute Gasteiger partial charge is 0.484 e. The van der Waals surface area contributed by atoms with Crippen LogP contribution in [0.1, 0.15) is 0 Å². The van der Waals surface area contributed by atoms with Crippen LogP contribution in [0.15, 0.2) is 47.4 Å². The third-order valence-electron chi connectivity index (χ3n) is 2.96. The minimum absolute atomic E-state index is 0.159. The van der Waals surface area contributed by atoms with Crippen LogP contribution in [0.4, 0.5) is 18.9 Å². The van der Waals surface area contributed by atoms with Gasteiger partial charge in [0.2, 0.25) is 9.84 Å². The van der Waals surface area contributed by atoms with E-state index in [4.69, 9.17) is 16.3 Å². The molecule has 0 heterocycles. The van der Waals surface area contributed by atoms with Crippen LogP contribution >= 0.6 is 11.6 Å². The molecule has 0 fully saturated rings.